The minimum atomic E-state index is -0.334. The molecule has 34 heavy (non-hydrogen) atoms. The summed E-state index contributed by atoms with van der Waals surface area (Å²) in [4.78, 5) is 17.9. The van der Waals surface area contributed by atoms with Gasteiger partial charge in [-0.1, -0.05) is 110 Å². The van der Waals surface area contributed by atoms with Crippen LogP contribution in [0.3, 0.4) is 0 Å². The molecule has 1 fully saturated rings. The molecule has 0 N–H and O–H groups in total. The van der Waals surface area contributed by atoms with Crippen molar-refractivity contribution in [2.75, 3.05) is 6.61 Å². The van der Waals surface area contributed by atoms with Crippen molar-refractivity contribution in [1.82, 2.24) is 5.06 Å². The number of hydrogen-bond donors (Lipinski definition) is 0. The van der Waals surface area contributed by atoms with E-state index in [2.05, 4.69) is 46.3 Å². The summed E-state index contributed by atoms with van der Waals surface area (Å²) in [7, 11) is 0. The fraction of sp³-hybridized carbons (Fsp3) is 0.900. The van der Waals surface area contributed by atoms with Crippen molar-refractivity contribution in [3.63, 3.8) is 0 Å². The van der Waals surface area contributed by atoms with Gasteiger partial charge in [-0.25, -0.2) is 4.79 Å². The molecule has 1 aliphatic rings. The smallest absolute Gasteiger partial charge is 0.330 e. The highest BCUT2D eigenvalue weighted by atomic mass is 16.7. The second-order valence-electron chi connectivity index (χ2n) is 11.7. The summed E-state index contributed by atoms with van der Waals surface area (Å²) in [6.45, 7) is 15.3. The number of hydroxylamine groups is 2. The van der Waals surface area contributed by atoms with E-state index in [1.807, 2.05) is 0 Å². The van der Waals surface area contributed by atoms with Crippen molar-refractivity contribution >= 4 is 5.97 Å². The average molecular weight is 480 g/mol. The number of hydrogen-bond acceptors (Lipinski definition) is 4. The molecule has 0 spiro atoms. The van der Waals surface area contributed by atoms with Gasteiger partial charge >= 0.3 is 5.97 Å². The molecule has 0 unspecified atom stereocenters. The van der Waals surface area contributed by atoms with Crippen LogP contribution < -0.4 is 0 Å². The van der Waals surface area contributed by atoms with Gasteiger partial charge < -0.3 is 4.74 Å². The van der Waals surface area contributed by atoms with E-state index < -0.39 is 0 Å². The Kier molecular flexibility index (Phi) is 16.1. The predicted octanol–water partition coefficient (Wildman–Crippen LogP) is 8.93. The molecule has 0 atom stereocenters. The van der Waals surface area contributed by atoms with Gasteiger partial charge in [-0.15, -0.1) is 0 Å². The first-order valence-electron chi connectivity index (χ1n) is 14.5. The Bertz CT molecular complexity index is 525. The molecule has 0 saturated carbocycles. The van der Waals surface area contributed by atoms with E-state index in [-0.39, 0.29) is 23.2 Å². The first-order chi connectivity index (χ1) is 16.2. The summed E-state index contributed by atoms with van der Waals surface area (Å²) in [5.41, 5.74) is -0.355. The van der Waals surface area contributed by atoms with Crippen molar-refractivity contribution in [3.8, 4) is 0 Å². The van der Waals surface area contributed by atoms with Gasteiger partial charge in [0, 0.05) is 30.0 Å². The van der Waals surface area contributed by atoms with Crippen LogP contribution in [0.5, 0.6) is 0 Å². The standard InChI is InChI=1S/C30H57NO3/c1-7-9-10-11-12-13-14-15-16-17-18-19-20-21-22-23-24-33-31-29(3,4)25-27(26-30(31,5)6)34-28(32)8-2/h8,27H,2,7,9-26H2,1,3-6H3. The number of esters is 1. The number of rotatable bonds is 20. The van der Waals surface area contributed by atoms with E-state index in [1.54, 1.807) is 0 Å². The molecule has 4 nitrogen and oxygen atoms in total. The van der Waals surface area contributed by atoms with E-state index in [9.17, 15) is 4.79 Å². The van der Waals surface area contributed by atoms with Crippen LogP contribution in [0, 0.1) is 0 Å². The largest absolute Gasteiger partial charge is 0.459 e. The second kappa shape index (κ2) is 17.5. The Balaban J connectivity index is 2.03. The van der Waals surface area contributed by atoms with Crippen molar-refractivity contribution in [3.05, 3.63) is 12.7 Å². The molecule has 0 aromatic rings. The molecule has 1 saturated heterocycles. The fourth-order valence-electron chi connectivity index (χ4n) is 5.62. The maximum Gasteiger partial charge on any atom is 0.330 e. The summed E-state index contributed by atoms with van der Waals surface area (Å²) in [6.07, 6.45) is 24.8. The zero-order valence-corrected chi connectivity index (χ0v) is 23.5. The van der Waals surface area contributed by atoms with Crippen LogP contribution in [0.25, 0.3) is 0 Å². The average Bonchev–Trinajstić information content (AvgIpc) is 2.76. The third-order valence-electron chi connectivity index (χ3n) is 7.22. The summed E-state index contributed by atoms with van der Waals surface area (Å²) in [5.74, 6) is -0.334. The number of unbranched alkanes of at least 4 members (excludes halogenated alkanes) is 15. The molecular formula is C30H57NO3. The Morgan fingerprint density at radius 2 is 1.15 bits per heavy atom. The van der Waals surface area contributed by atoms with E-state index in [1.165, 1.54) is 102 Å². The fourth-order valence-corrected chi connectivity index (χ4v) is 5.62. The summed E-state index contributed by atoms with van der Waals surface area (Å²) in [6, 6.07) is 0. The molecular weight excluding hydrogens is 422 g/mol. The van der Waals surface area contributed by atoms with Crippen LogP contribution >= 0.6 is 0 Å². The molecule has 1 heterocycles. The Hall–Kier alpha value is -0.870. The summed E-state index contributed by atoms with van der Waals surface area (Å²) < 4.78 is 5.56. The topological polar surface area (TPSA) is 38.8 Å². The van der Waals surface area contributed by atoms with Gasteiger partial charge in [0.25, 0.3) is 0 Å². The molecule has 0 aliphatic carbocycles. The monoisotopic (exact) mass is 479 g/mol. The zero-order chi connectivity index (χ0) is 25.3. The lowest BCUT2D eigenvalue weighted by Crippen LogP contribution is -2.62. The van der Waals surface area contributed by atoms with Gasteiger partial charge in [0.2, 0.25) is 0 Å². The van der Waals surface area contributed by atoms with Gasteiger partial charge in [0.05, 0.1) is 6.61 Å². The lowest BCUT2D eigenvalue weighted by Gasteiger charge is -2.53. The third-order valence-corrected chi connectivity index (χ3v) is 7.22. The van der Waals surface area contributed by atoms with Crippen LogP contribution in [-0.4, -0.2) is 34.8 Å². The number of ether oxygens (including phenoxy) is 1. The van der Waals surface area contributed by atoms with Crippen molar-refractivity contribution in [2.24, 2.45) is 0 Å². The summed E-state index contributed by atoms with van der Waals surface area (Å²) >= 11 is 0. The molecule has 0 bridgehead atoms. The molecule has 0 aromatic heterocycles. The molecule has 0 amide bonds. The van der Waals surface area contributed by atoms with Crippen LogP contribution in [0.4, 0.5) is 0 Å². The SMILES string of the molecule is C=CC(=O)OC1CC(C)(C)N(OCCCCCCCCCCCCCCCCCC)C(C)(C)C1. The Morgan fingerprint density at radius 3 is 1.53 bits per heavy atom. The molecule has 1 rings (SSSR count). The van der Waals surface area contributed by atoms with E-state index in [0.29, 0.717) is 0 Å². The second-order valence-corrected chi connectivity index (χ2v) is 11.7. The Labute approximate surface area is 212 Å². The number of carbonyl (C=O) groups is 1. The third kappa shape index (κ3) is 13.3. The van der Waals surface area contributed by atoms with Crippen LogP contribution in [0.15, 0.2) is 12.7 Å². The minimum absolute atomic E-state index is 0.0918. The number of piperidine rings is 1. The van der Waals surface area contributed by atoms with Crippen molar-refractivity contribution in [2.45, 2.75) is 167 Å². The number of nitrogens with zero attached hydrogens (tertiary/aromatic N) is 1. The minimum Gasteiger partial charge on any atom is -0.459 e. The normalized spacial score (nSPS) is 18.1. The van der Waals surface area contributed by atoms with Gasteiger partial charge in [-0.3, -0.25) is 4.84 Å². The van der Waals surface area contributed by atoms with Crippen LogP contribution in [0.1, 0.15) is 150 Å². The highest BCUT2D eigenvalue weighted by Gasteiger charge is 2.47. The van der Waals surface area contributed by atoms with Gasteiger partial charge in [-0.05, 0) is 34.1 Å². The van der Waals surface area contributed by atoms with Crippen molar-refractivity contribution < 1.29 is 14.4 Å². The highest BCUT2D eigenvalue weighted by molar-refractivity contribution is 5.81. The first kappa shape index (κ1) is 31.2. The van der Waals surface area contributed by atoms with E-state index >= 15 is 0 Å². The lowest BCUT2D eigenvalue weighted by molar-refractivity contribution is -0.293. The molecule has 0 radical (unpaired) electrons. The van der Waals surface area contributed by atoms with E-state index in [4.69, 9.17) is 9.57 Å². The van der Waals surface area contributed by atoms with Gasteiger partial charge in [-0.2, -0.15) is 5.06 Å². The Morgan fingerprint density at radius 1 is 0.765 bits per heavy atom. The van der Waals surface area contributed by atoms with Crippen LogP contribution in [0.2, 0.25) is 0 Å². The molecule has 1 aliphatic heterocycles. The molecule has 4 heteroatoms. The van der Waals surface area contributed by atoms with Crippen LogP contribution in [-0.2, 0) is 14.4 Å². The number of carbonyl (C=O) groups excluding carboxylic acids is 1. The quantitative estimate of drug-likeness (QED) is 0.0992. The molecule has 200 valence electrons. The van der Waals surface area contributed by atoms with Crippen molar-refractivity contribution in [1.29, 1.82) is 0 Å². The van der Waals surface area contributed by atoms with E-state index in [0.717, 1.165) is 25.9 Å². The lowest BCUT2D eigenvalue weighted by atomic mass is 9.80. The van der Waals surface area contributed by atoms with Gasteiger partial charge in [0.1, 0.15) is 6.10 Å². The maximum absolute atomic E-state index is 11.6. The predicted molar refractivity (Wildman–Crippen MR) is 145 cm³/mol. The highest BCUT2D eigenvalue weighted by Crippen LogP contribution is 2.40. The summed E-state index contributed by atoms with van der Waals surface area (Å²) in [5, 5.41) is 2.16. The maximum atomic E-state index is 11.6. The van der Waals surface area contributed by atoms with Gasteiger partial charge in [0.15, 0.2) is 0 Å². The molecule has 0 aromatic carbocycles. The first-order valence-corrected chi connectivity index (χ1v) is 14.5. The zero-order valence-electron chi connectivity index (χ0n) is 23.5.